The van der Waals surface area contributed by atoms with Crippen molar-refractivity contribution in [2.75, 3.05) is 6.61 Å². The minimum Gasteiger partial charge on any atom is -0.373 e. The minimum atomic E-state index is -0.312. The van der Waals surface area contributed by atoms with E-state index in [9.17, 15) is 4.79 Å². The Morgan fingerprint density at radius 1 is 1.82 bits per heavy atom. The zero-order valence-corrected chi connectivity index (χ0v) is 6.67. The number of nitrogens with two attached hydrogens (primary N) is 1. The lowest BCUT2D eigenvalue weighted by molar-refractivity contribution is -0.114. The van der Waals surface area contributed by atoms with Gasteiger partial charge in [-0.2, -0.15) is 0 Å². The van der Waals surface area contributed by atoms with Crippen molar-refractivity contribution in [2.24, 2.45) is 5.73 Å². The first-order valence-corrected chi connectivity index (χ1v) is 3.84. The van der Waals surface area contributed by atoms with Crippen molar-refractivity contribution < 1.29 is 9.53 Å². The van der Waals surface area contributed by atoms with Gasteiger partial charge in [0.1, 0.15) is 0 Å². The van der Waals surface area contributed by atoms with E-state index in [0.717, 1.165) is 13.0 Å². The molecule has 0 aromatic rings. The van der Waals surface area contributed by atoms with Crippen molar-refractivity contribution in [2.45, 2.75) is 25.9 Å². The summed E-state index contributed by atoms with van der Waals surface area (Å²) in [6.45, 7) is 2.75. The Bertz CT molecular complexity index is 183. The quantitative estimate of drug-likeness (QED) is 0.477. The molecule has 0 spiro atoms. The second kappa shape index (κ2) is 3.53. The highest BCUT2D eigenvalue weighted by Crippen LogP contribution is 2.15. The van der Waals surface area contributed by atoms with Crippen LogP contribution < -0.4 is 5.73 Å². The number of epoxide rings is 1. The topological polar surface area (TPSA) is 55.6 Å². The third kappa shape index (κ3) is 2.72. The highest BCUT2D eigenvalue weighted by molar-refractivity contribution is 5.91. The highest BCUT2D eigenvalue weighted by Gasteiger charge is 2.20. The number of rotatable bonds is 4. The molecule has 0 aromatic carbocycles. The number of hydrogen-bond acceptors (Lipinski definition) is 2. The average molecular weight is 155 g/mol. The van der Waals surface area contributed by atoms with Gasteiger partial charge in [-0.1, -0.05) is 13.0 Å². The van der Waals surface area contributed by atoms with Gasteiger partial charge in [0.2, 0.25) is 5.91 Å². The van der Waals surface area contributed by atoms with Crippen LogP contribution in [0.25, 0.3) is 0 Å². The van der Waals surface area contributed by atoms with Crippen LogP contribution in [0.4, 0.5) is 0 Å². The van der Waals surface area contributed by atoms with Crippen LogP contribution in [0.2, 0.25) is 0 Å². The second-order valence-corrected chi connectivity index (χ2v) is 2.64. The van der Waals surface area contributed by atoms with E-state index in [-0.39, 0.29) is 5.91 Å². The number of primary amides is 1. The van der Waals surface area contributed by atoms with Gasteiger partial charge in [0, 0.05) is 5.57 Å². The molecule has 1 fully saturated rings. The molecule has 1 rings (SSSR count). The van der Waals surface area contributed by atoms with Crippen LogP contribution in [-0.2, 0) is 9.53 Å². The van der Waals surface area contributed by atoms with E-state index >= 15 is 0 Å². The Kier molecular flexibility index (Phi) is 2.65. The van der Waals surface area contributed by atoms with Crippen LogP contribution in [0.1, 0.15) is 19.8 Å². The summed E-state index contributed by atoms with van der Waals surface area (Å²) >= 11 is 0. The normalized spacial score (nSPS) is 23.4. The molecule has 0 aliphatic carbocycles. The lowest BCUT2D eigenvalue weighted by Crippen LogP contribution is -2.13. The summed E-state index contributed by atoms with van der Waals surface area (Å²) in [5.41, 5.74) is 5.81. The number of amides is 1. The lowest BCUT2D eigenvalue weighted by Gasteiger charge is -1.96. The monoisotopic (exact) mass is 155 g/mol. The summed E-state index contributed by atoms with van der Waals surface area (Å²) < 4.78 is 4.99. The number of carbonyl (C=O) groups excluding carboxylic acids is 1. The molecule has 1 amide bonds. The van der Waals surface area contributed by atoms with E-state index in [0.29, 0.717) is 18.1 Å². The van der Waals surface area contributed by atoms with Crippen molar-refractivity contribution in [3.63, 3.8) is 0 Å². The molecular formula is C8H13NO2. The molecule has 0 radical (unpaired) electrons. The first-order valence-electron chi connectivity index (χ1n) is 3.84. The highest BCUT2D eigenvalue weighted by atomic mass is 16.6. The number of carbonyl (C=O) groups is 1. The van der Waals surface area contributed by atoms with Gasteiger partial charge in [-0.05, 0) is 12.8 Å². The van der Waals surface area contributed by atoms with E-state index in [1.54, 1.807) is 0 Å². The van der Waals surface area contributed by atoms with E-state index in [1.807, 2.05) is 13.0 Å². The maximum absolute atomic E-state index is 10.7. The Balaban J connectivity index is 2.37. The third-order valence-corrected chi connectivity index (χ3v) is 1.73. The second-order valence-electron chi connectivity index (χ2n) is 2.64. The Hall–Kier alpha value is -0.830. The van der Waals surface area contributed by atoms with Crippen molar-refractivity contribution in [1.29, 1.82) is 0 Å². The lowest BCUT2D eigenvalue weighted by atomic mass is 10.1. The largest absolute Gasteiger partial charge is 0.373 e. The van der Waals surface area contributed by atoms with Crippen LogP contribution in [-0.4, -0.2) is 18.6 Å². The van der Waals surface area contributed by atoms with Gasteiger partial charge in [0.05, 0.1) is 12.7 Å². The van der Waals surface area contributed by atoms with Gasteiger partial charge < -0.3 is 10.5 Å². The van der Waals surface area contributed by atoms with Crippen LogP contribution >= 0.6 is 0 Å². The van der Waals surface area contributed by atoms with Gasteiger partial charge >= 0.3 is 0 Å². The molecule has 1 aliphatic heterocycles. The first kappa shape index (κ1) is 8.27. The van der Waals surface area contributed by atoms with Crippen LogP contribution in [0.3, 0.4) is 0 Å². The average Bonchev–Trinajstić information content (AvgIpc) is 2.72. The molecule has 0 bridgehead atoms. The van der Waals surface area contributed by atoms with Gasteiger partial charge in [-0.25, -0.2) is 0 Å². The molecule has 1 atom stereocenters. The molecule has 1 aliphatic rings. The molecule has 1 heterocycles. The molecule has 0 aromatic heterocycles. The van der Waals surface area contributed by atoms with Crippen molar-refractivity contribution in [3.05, 3.63) is 11.6 Å². The van der Waals surface area contributed by atoms with E-state index in [2.05, 4.69) is 0 Å². The van der Waals surface area contributed by atoms with E-state index in [1.165, 1.54) is 0 Å². The van der Waals surface area contributed by atoms with Crippen molar-refractivity contribution in [1.82, 2.24) is 0 Å². The molecule has 1 unspecified atom stereocenters. The Morgan fingerprint density at radius 2 is 2.45 bits per heavy atom. The van der Waals surface area contributed by atoms with Crippen molar-refractivity contribution in [3.8, 4) is 0 Å². The standard InChI is InChI=1S/C8H13NO2/c1-2-6(8(9)10)3-4-7-5-11-7/h3,7H,2,4-5H2,1H3,(H2,9,10). The fourth-order valence-electron chi connectivity index (χ4n) is 0.897. The molecule has 1 saturated heterocycles. The molecule has 3 nitrogen and oxygen atoms in total. The van der Waals surface area contributed by atoms with E-state index < -0.39 is 0 Å². The maximum Gasteiger partial charge on any atom is 0.244 e. The molecule has 62 valence electrons. The van der Waals surface area contributed by atoms with Gasteiger partial charge in [0.25, 0.3) is 0 Å². The maximum atomic E-state index is 10.7. The van der Waals surface area contributed by atoms with Gasteiger partial charge in [-0.3, -0.25) is 4.79 Å². The number of ether oxygens (including phenoxy) is 1. The smallest absolute Gasteiger partial charge is 0.244 e. The SMILES string of the molecule is CCC(=CCC1CO1)C(N)=O. The molecule has 11 heavy (non-hydrogen) atoms. The summed E-state index contributed by atoms with van der Waals surface area (Å²) in [7, 11) is 0. The summed E-state index contributed by atoms with van der Waals surface area (Å²) in [5.74, 6) is -0.312. The van der Waals surface area contributed by atoms with Crippen LogP contribution in [0, 0.1) is 0 Å². The number of hydrogen-bond donors (Lipinski definition) is 1. The van der Waals surface area contributed by atoms with Crippen molar-refractivity contribution >= 4 is 5.91 Å². The fraction of sp³-hybridized carbons (Fsp3) is 0.625. The zero-order chi connectivity index (χ0) is 8.27. The molecule has 3 heteroatoms. The van der Waals surface area contributed by atoms with Crippen LogP contribution in [0.5, 0.6) is 0 Å². The third-order valence-electron chi connectivity index (χ3n) is 1.73. The first-order chi connectivity index (χ1) is 5.24. The van der Waals surface area contributed by atoms with Crippen LogP contribution in [0.15, 0.2) is 11.6 Å². The fourth-order valence-corrected chi connectivity index (χ4v) is 0.897. The van der Waals surface area contributed by atoms with Gasteiger partial charge in [-0.15, -0.1) is 0 Å². The summed E-state index contributed by atoms with van der Waals surface area (Å²) in [4.78, 5) is 10.7. The van der Waals surface area contributed by atoms with E-state index in [4.69, 9.17) is 10.5 Å². The predicted molar refractivity (Wildman–Crippen MR) is 41.9 cm³/mol. The zero-order valence-electron chi connectivity index (χ0n) is 6.67. The summed E-state index contributed by atoms with van der Waals surface area (Å²) in [6.07, 6.45) is 3.75. The Morgan fingerprint density at radius 3 is 2.82 bits per heavy atom. The predicted octanol–water partition coefficient (Wildman–Crippen LogP) is 0.597. The minimum absolute atomic E-state index is 0.312. The molecule has 0 saturated carbocycles. The Labute approximate surface area is 66.2 Å². The molecule has 2 N–H and O–H groups in total. The van der Waals surface area contributed by atoms with Gasteiger partial charge in [0.15, 0.2) is 0 Å². The summed E-state index contributed by atoms with van der Waals surface area (Å²) in [5, 5.41) is 0. The summed E-state index contributed by atoms with van der Waals surface area (Å²) in [6, 6.07) is 0. The molecular weight excluding hydrogens is 142 g/mol.